The number of benzene rings is 2. The predicted octanol–water partition coefficient (Wildman–Crippen LogP) is 6.82. The Kier molecular flexibility index (Phi) is 5.95. The quantitative estimate of drug-likeness (QED) is 0.510. The van der Waals surface area contributed by atoms with Gasteiger partial charge in [-0.25, -0.2) is 0 Å². The van der Waals surface area contributed by atoms with Gasteiger partial charge in [0.25, 0.3) is 0 Å². The summed E-state index contributed by atoms with van der Waals surface area (Å²) in [6.07, 6.45) is -3.82. The van der Waals surface area contributed by atoms with Gasteiger partial charge in [-0.3, -0.25) is 0 Å². The molecule has 0 amide bonds. The minimum absolute atomic E-state index is 0.246. The molecule has 23 heavy (non-hydrogen) atoms. The molecule has 0 aromatic heterocycles. The number of halogens is 6. The van der Waals surface area contributed by atoms with E-state index in [1.165, 1.54) is 6.07 Å². The topological polar surface area (TPSA) is 0 Å². The fraction of sp³-hybridized carbons (Fsp3) is 0.188. The highest BCUT2D eigenvalue weighted by molar-refractivity contribution is 7.80. The van der Waals surface area contributed by atoms with Crippen molar-refractivity contribution in [3.05, 3.63) is 68.2 Å². The van der Waals surface area contributed by atoms with Crippen LogP contribution in [0.15, 0.2) is 36.4 Å². The molecule has 0 unspecified atom stereocenters. The zero-order valence-electron chi connectivity index (χ0n) is 11.6. The normalized spacial score (nSPS) is 11.6. The van der Waals surface area contributed by atoms with E-state index in [2.05, 4.69) is 0 Å². The molecule has 0 spiro atoms. The Hall–Kier alpha value is -0.810. The standard InChI is InChI=1S/C16H10Cl3F3S/c17-13-3-1-9(7-12(13)16(20,21)22)5-11(23)6-10-2-4-14(18)15(19)8-10/h1-4,7-8H,5-6H2. The molecule has 0 radical (unpaired) electrons. The number of hydrogen-bond donors (Lipinski definition) is 0. The van der Waals surface area contributed by atoms with Gasteiger partial charge in [-0.1, -0.05) is 59.2 Å². The summed E-state index contributed by atoms with van der Waals surface area (Å²) in [7, 11) is 0. The van der Waals surface area contributed by atoms with Gasteiger partial charge in [0.15, 0.2) is 0 Å². The van der Waals surface area contributed by atoms with Gasteiger partial charge in [0.1, 0.15) is 0 Å². The minimum atomic E-state index is -4.49. The van der Waals surface area contributed by atoms with Crippen molar-refractivity contribution < 1.29 is 13.2 Å². The molecular formula is C16H10Cl3F3S. The Balaban J connectivity index is 2.12. The van der Waals surface area contributed by atoms with Crippen LogP contribution in [0.5, 0.6) is 0 Å². The summed E-state index contributed by atoms with van der Waals surface area (Å²) in [5.41, 5.74) is 0.468. The zero-order valence-corrected chi connectivity index (χ0v) is 14.6. The fourth-order valence-electron chi connectivity index (χ4n) is 2.07. The summed E-state index contributed by atoms with van der Waals surface area (Å²) in [4.78, 5) is 0.596. The second-order valence-corrected chi connectivity index (χ2v) is 6.75. The van der Waals surface area contributed by atoms with Crippen LogP contribution in [0.25, 0.3) is 0 Å². The molecule has 0 saturated carbocycles. The maximum Gasteiger partial charge on any atom is 0.417 e. The summed E-state index contributed by atoms with van der Waals surface area (Å²) < 4.78 is 38.6. The lowest BCUT2D eigenvalue weighted by Gasteiger charge is -2.11. The first-order valence-electron chi connectivity index (χ1n) is 6.48. The molecule has 0 bridgehead atoms. The van der Waals surface area contributed by atoms with Crippen LogP contribution in [0, 0.1) is 0 Å². The Morgan fingerprint density at radius 2 is 1.35 bits per heavy atom. The molecule has 7 heteroatoms. The lowest BCUT2D eigenvalue weighted by Crippen LogP contribution is -2.09. The molecule has 2 rings (SSSR count). The summed E-state index contributed by atoms with van der Waals surface area (Å²) >= 11 is 22.6. The lowest BCUT2D eigenvalue weighted by molar-refractivity contribution is -0.137. The molecule has 0 fully saturated rings. The molecule has 0 aliphatic rings. The largest absolute Gasteiger partial charge is 0.417 e. The van der Waals surface area contributed by atoms with E-state index >= 15 is 0 Å². The molecule has 2 aromatic carbocycles. The van der Waals surface area contributed by atoms with E-state index in [1.807, 2.05) is 0 Å². The third-order valence-corrected chi connectivity index (χ3v) is 4.48. The van der Waals surface area contributed by atoms with Crippen LogP contribution in [-0.4, -0.2) is 4.86 Å². The molecule has 0 N–H and O–H groups in total. The van der Waals surface area contributed by atoms with Crippen molar-refractivity contribution in [3.63, 3.8) is 0 Å². The van der Waals surface area contributed by atoms with Gasteiger partial charge in [-0.15, -0.1) is 0 Å². The molecule has 0 nitrogen and oxygen atoms in total. The number of rotatable bonds is 4. The number of hydrogen-bond acceptors (Lipinski definition) is 1. The van der Waals surface area contributed by atoms with E-state index in [9.17, 15) is 13.2 Å². The van der Waals surface area contributed by atoms with E-state index in [0.29, 0.717) is 26.9 Å². The van der Waals surface area contributed by atoms with Gasteiger partial charge < -0.3 is 0 Å². The maximum atomic E-state index is 12.9. The Labute approximate surface area is 152 Å². The van der Waals surface area contributed by atoms with Gasteiger partial charge in [0.05, 0.1) is 20.6 Å². The average Bonchev–Trinajstić information content (AvgIpc) is 2.44. The van der Waals surface area contributed by atoms with E-state index in [4.69, 9.17) is 47.0 Å². The van der Waals surface area contributed by atoms with Crippen LogP contribution in [0.4, 0.5) is 13.2 Å². The van der Waals surface area contributed by atoms with E-state index in [-0.39, 0.29) is 11.4 Å². The highest BCUT2D eigenvalue weighted by Crippen LogP contribution is 2.35. The minimum Gasteiger partial charge on any atom is -0.166 e. The van der Waals surface area contributed by atoms with Crippen molar-refractivity contribution in [2.24, 2.45) is 0 Å². The number of alkyl halides is 3. The van der Waals surface area contributed by atoms with Crippen molar-refractivity contribution in [2.75, 3.05) is 0 Å². The molecule has 0 atom stereocenters. The third kappa shape index (κ3) is 5.08. The fourth-order valence-corrected chi connectivity index (χ4v) is 2.95. The SMILES string of the molecule is FC(F)(F)c1cc(CC(=S)Cc2ccc(Cl)c(Cl)c2)ccc1Cl. The van der Waals surface area contributed by atoms with Crippen molar-refractivity contribution in [3.8, 4) is 0 Å². The second kappa shape index (κ2) is 7.39. The molecule has 0 saturated heterocycles. The molecule has 2 aromatic rings. The smallest absolute Gasteiger partial charge is 0.166 e. The van der Waals surface area contributed by atoms with Crippen LogP contribution >= 0.6 is 47.0 Å². The van der Waals surface area contributed by atoms with Gasteiger partial charge in [0.2, 0.25) is 0 Å². The predicted molar refractivity (Wildman–Crippen MR) is 92.9 cm³/mol. The Morgan fingerprint density at radius 3 is 1.87 bits per heavy atom. The average molecular weight is 398 g/mol. The first kappa shape index (κ1) is 18.5. The Morgan fingerprint density at radius 1 is 0.826 bits per heavy atom. The zero-order chi connectivity index (χ0) is 17.2. The first-order chi connectivity index (χ1) is 10.7. The lowest BCUT2D eigenvalue weighted by atomic mass is 10.0. The molecule has 122 valence electrons. The highest BCUT2D eigenvalue weighted by atomic mass is 35.5. The van der Waals surface area contributed by atoms with Crippen LogP contribution in [0.1, 0.15) is 16.7 Å². The van der Waals surface area contributed by atoms with E-state index < -0.39 is 11.7 Å². The van der Waals surface area contributed by atoms with Crippen LogP contribution in [-0.2, 0) is 19.0 Å². The second-order valence-electron chi connectivity index (χ2n) is 4.95. The van der Waals surface area contributed by atoms with Gasteiger partial charge >= 0.3 is 6.18 Å². The molecule has 0 heterocycles. The van der Waals surface area contributed by atoms with Crippen LogP contribution in [0.2, 0.25) is 15.1 Å². The van der Waals surface area contributed by atoms with Gasteiger partial charge in [0, 0.05) is 17.7 Å². The van der Waals surface area contributed by atoms with Gasteiger partial charge in [-0.05, 0) is 35.4 Å². The summed E-state index contributed by atoms with van der Waals surface area (Å²) in [5.74, 6) is 0. The van der Waals surface area contributed by atoms with Gasteiger partial charge in [-0.2, -0.15) is 13.2 Å². The van der Waals surface area contributed by atoms with Crippen molar-refractivity contribution in [1.82, 2.24) is 0 Å². The summed E-state index contributed by atoms with van der Waals surface area (Å²) in [6.45, 7) is 0. The Bertz CT molecular complexity index is 742. The van der Waals surface area contributed by atoms with E-state index in [1.54, 1.807) is 24.3 Å². The molecule has 0 aliphatic carbocycles. The first-order valence-corrected chi connectivity index (χ1v) is 8.02. The van der Waals surface area contributed by atoms with Crippen LogP contribution < -0.4 is 0 Å². The van der Waals surface area contributed by atoms with Crippen LogP contribution in [0.3, 0.4) is 0 Å². The molecular weight excluding hydrogens is 388 g/mol. The van der Waals surface area contributed by atoms with Crippen molar-refractivity contribution >= 4 is 51.9 Å². The monoisotopic (exact) mass is 396 g/mol. The number of thiocarbonyl (C=S) groups is 1. The maximum absolute atomic E-state index is 12.9. The summed E-state index contributed by atoms with van der Waals surface area (Å²) in [6, 6.07) is 8.94. The highest BCUT2D eigenvalue weighted by Gasteiger charge is 2.33. The van der Waals surface area contributed by atoms with Crippen molar-refractivity contribution in [1.29, 1.82) is 0 Å². The van der Waals surface area contributed by atoms with Crippen molar-refractivity contribution in [2.45, 2.75) is 19.0 Å². The third-order valence-electron chi connectivity index (χ3n) is 3.12. The van der Waals surface area contributed by atoms with E-state index in [0.717, 1.165) is 11.6 Å². The molecule has 0 aliphatic heterocycles. The summed E-state index contributed by atoms with van der Waals surface area (Å²) in [5, 5.41) is 0.531.